The zero-order valence-electron chi connectivity index (χ0n) is 19.8. The normalized spacial score (nSPS) is 11.2. The molecule has 6 rings (SSSR count). The topological polar surface area (TPSA) is 53.7 Å². The van der Waals surface area contributed by atoms with E-state index in [2.05, 4.69) is 35.3 Å². The van der Waals surface area contributed by atoms with Crippen molar-refractivity contribution >= 4 is 21.9 Å². The van der Waals surface area contributed by atoms with Gasteiger partial charge in [-0.25, -0.2) is 4.57 Å². The summed E-state index contributed by atoms with van der Waals surface area (Å²) in [7, 11) is 1.83. The Morgan fingerprint density at radius 1 is 0.806 bits per heavy atom. The third-order valence-corrected chi connectivity index (χ3v) is 6.64. The van der Waals surface area contributed by atoms with Gasteiger partial charge in [-0.3, -0.25) is 0 Å². The van der Waals surface area contributed by atoms with Crippen molar-refractivity contribution in [3.63, 3.8) is 0 Å². The Morgan fingerprint density at radius 2 is 1.50 bits per heavy atom. The molecular weight excluding hydrogens is 449 g/mol. The van der Waals surface area contributed by atoms with E-state index in [1.165, 1.54) is 12.4 Å². The van der Waals surface area contributed by atoms with Crippen molar-refractivity contribution in [1.82, 2.24) is 4.98 Å². The summed E-state index contributed by atoms with van der Waals surface area (Å²) in [4.78, 5) is 3.76. The lowest BCUT2D eigenvalue weighted by Gasteiger charge is -2.08. The van der Waals surface area contributed by atoms with Crippen LogP contribution in [0.5, 0.6) is 0 Å². The second kappa shape index (κ2) is 8.44. The number of hydrogen-bond acceptors (Lipinski definition) is 3. The molecule has 0 saturated heterocycles. The highest BCUT2D eigenvalue weighted by atomic mass is 19.1. The number of halogens is 1. The molecule has 4 aromatic carbocycles. The van der Waals surface area contributed by atoms with Crippen LogP contribution >= 0.6 is 0 Å². The third kappa shape index (κ3) is 3.43. The van der Waals surface area contributed by atoms with Gasteiger partial charge in [0.15, 0.2) is 0 Å². The number of furan rings is 1. The van der Waals surface area contributed by atoms with E-state index in [4.69, 9.17) is 4.42 Å². The minimum atomic E-state index is -0.555. The molecule has 0 spiro atoms. The standard InChI is InChI=1S/C31H21FN3O/c1-19-11-13-24-25-14-12-23(17-33)29(22-10-6-9-21(15-22)20-7-4-3-5-8-20)31(25)36-30(24)28(19)26-16-27(32)34-18-35(26)2/h3-16,18H,1-2H3/q+1. The molecule has 0 aliphatic heterocycles. The van der Waals surface area contributed by atoms with Gasteiger partial charge in [-0.1, -0.05) is 60.7 Å². The average molecular weight is 471 g/mol. The minimum Gasteiger partial charge on any atom is -0.455 e. The Balaban J connectivity index is 1.67. The van der Waals surface area contributed by atoms with Crippen LogP contribution in [0.25, 0.3) is 55.4 Å². The van der Waals surface area contributed by atoms with Gasteiger partial charge >= 0.3 is 5.95 Å². The molecule has 0 radical (unpaired) electrons. The molecule has 4 nitrogen and oxygen atoms in total. The van der Waals surface area contributed by atoms with Crippen LogP contribution < -0.4 is 4.57 Å². The summed E-state index contributed by atoms with van der Waals surface area (Å²) in [6.07, 6.45) is 1.46. The molecule has 0 amide bonds. The second-order valence-electron chi connectivity index (χ2n) is 8.87. The first-order valence-electron chi connectivity index (χ1n) is 11.6. The highest BCUT2D eigenvalue weighted by Gasteiger charge is 2.23. The summed E-state index contributed by atoms with van der Waals surface area (Å²) in [5.41, 5.74) is 8.05. The molecule has 0 fully saturated rings. The van der Waals surface area contributed by atoms with Crippen LogP contribution in [0.3, 0.4) is 0 Å². The van der Waals surface area contributed by atoms with Crippen LogP contribution in [0.15, 0.2) is 95.7 Å². The van der Waals surface area contributed by atoms with Gasteiger partial charge in [0.05, 0.1) is 30.3 Å². The molecule has 2 heterocycles. The Kier molecular flexibility index (Phi) is 5.09. The number of aryl methyl sites for hydroxylation is 2. The zero-order valence-corrected chi connectivity index (χ0v) is 19.8. The molecule has 0 aliphatic carbocycles. The van der Waals surface area contributed by atoms with Gasteiger partial charge < -0.3 is 4.42 Å². The average Bonchev–Trinajstić information content (AvgIpc) is 3.28. The highest BCUT2D eigenvalue weighted by Crippen LogP contribution is 2.42. The molecule has 6 aromatic rings. The fourth-order valence-electron chi connectivity index (χ4n) is 4.89. The van der Waals surface area contributed by atoms with Crippen molar-refractivity contribution in [2.75, 3.05) is 0 Å². The molecule has 36 heavy (non-hydrogen) atoms. The van der Waals surface area contributed by atoms with Crippen molar-refractivity contribution < 1.29 is 13.4 Å². The molecule has 0 atom stereocenters. The van der Waals surface area contributed by atoms with Crippen molar-refractivity contribution in [3.05, 3.63) is 108 Å². The van der Waals surface area contributed by atoms with Crippen molar-refractivity contribution in [2.45, 2.75) is 6.92 Å². The predicted octanol–water partition coefficient (Wildman–Crippen LogP) is 7.13. The number of nitriles is 1. The van der Waals surface area contributed by atoms with Crippen molar-refractivity contribution in [3.8, 4) is 39.6 Å². The van der Waals surface area contributed by atoms with E-state index in [1.807, 2.05) is 68.6 Å². The maximum absolute atomic E-state index is 14.1. The first-order valence-corrected chi connectivity index (χ1v) is 11.6. The van der Waals surface area contributed by atoms with Crippen molar-refractivity contribution in [1.29, 1.82) is 5.26 Å². The molecule has 0 bridgehead atoms. The largest absolute Gasteiger partial charge is 0.455 e. The van der Waals surface area contributed by atoms with Gasteiger partial charge in [0.2, 0.25) is 0 Å². The summed E-state index contributed by atoms with van der Waals surface area (Å²) in [6.45, 7) is 1.98. The summed E-state index contributed by atoms with van der Waals surface area (Å²) < 4.78 is 22.5. The minimum absolute atomic E-state index is 0.533. The molecule has 0 unspecified atom stereocenters. The van der Waals surface area contributed by atoms with Gasteiger partial charge in [0, 0.05) is 16.3 Å². The number of rotatable bonds is 3. The lowest BCUT2D eigenvalue weighted by molar-refractivity contribution is -0.663. The van der Waals surface area contributed by atoms with Crippen LogP contribution in [0.2, 0.25) is 0 Å². The molecule has 0 N–H and O–H groups in total. The van der Waals surface area contributed by atoms with Gasteiger partial charge in [-0.15, -0.1) is 0 Å². The van der Waals surface area contributed by atoms with Crippen LogP contribution in [-0.2, 0) is 7.05 Å². The van der Waals surface area contributed by atoms with Gasteiger partial charge in [0.25, 0.3) is 6.33 Å². The van der Waals surface area contributed by atoms with Crippen molar-refractivity contribution in [2.24, 2.45) is 7.05 Å². The Hall–Kier alpha value is -4.82. The lowest BCUT2D eigenvalue weighted by atomic mass is 9.94. The van der Waals surface area contributed by atoms with E-state index in [9.17, 15) is 9.65 Å². The zero-order chi connectivity index (χ0) is 24.8. The van der Waals surface area contributed by atoms with E-state index >= 15 is 0 Å². The third-order valence-electron chi connectivity index (χ3n) is 6.64. The maximum atomic E-state index is 14.1. The van der Waals surface area contributed by atoms with Gasteiger partial charge in [0.1, 0.15) is 16.9 Å². The number of benzene rings is 4. The van der Waals surface area contributed by atoms with E-state index in [0.29, 0.717) is 22.4 Å². The number of aromatic nitrogens is 2. The SMILES string of the molecule is Cc1ccc2c(oc3c(-c4cccc(-c5ccccc5)c4)c(C#N)ccc32)c1-c1cc(F)nc[n+]1C. The van der Waals surface area contributed by atoms with E-state index < -0.39 is 5.95 Å². The van der Waals surface area contributed by atoms with Gasteiger partial charge in [-0.2, -0.15) is 9.65 Å². The molecule has 172 valence electrons. The first kappa shape index (κ1) is 21.7. The molecule has 0 aliphatic rings. The second-order valence-corrected chi connectivity index (χ2v) is 8.87. The summed E-state index contributed by atoms with van der Waals surface area (Å²) >= 11 is 0. The Labute approximate surface area is 207 Å². The fourth-order valence-corrected chi connectivity index (χ4v) is 4.89. The van der Waals surface area contributed by atoms with Gasteiger partial charge in [-0.05, 0) is 52.4 Å². The van der Waals surface area contributed by atoms with Crippen LogP contribution in [0, 0.1) is 24.2 Å². The Bertz CT molecular complexity index is 1830. The predicted molar refractivity (Wildman–Crippen MR) is 138 cm³/mol. The fraction of sp³-hybridized carbons (Fsp3) is 0.0645. The lowest BCUT2D eigenvalue weighted by Crippen LogP contribution is -2.32. The summed E-state index contributed by atoms with van der Waals surface area (Å²) in [6, 6.07) is 29.8. The monoisotopic (exact) mass is 470 g/mol. The number of fused-ring (bicyclic) bond motifs is 3. The van der Waals surface area contributed by atoms with E-state index in [0.717, 1.165) is 44.2 Å². The van der Waals surface area contributed by atoms with E-state index in [-0.39, 0.29) is 0 Å². The molecule has 5 heteroatoms. The number of nitrogens with zero attached hydrogens (tertiary/aromatic N) is 3. The van der Waals surface area contributed by atoms with Crippen LogP contribution in [0.4, 0.5) is 4.39 Å². The van der Waals surface area contributed by atoms with Crippen LogP contribution in [0.1, 0.15) is 11.1 Å². The maximum Gasteiger partial charge on any atom is 0.325 e. The number of hydrogen-bond donors (Lipinski definition) is 0. The first-order chi connectivity index (χ1) is 17.5. The highest BCUT2D eigenvalue weighted by molar-refractivity contribution is 6.14. The quantitative estimate of drug-likeness (QED) is 0.204. The summed E-state index contributed by atoms with van der Waals surface area (Å²) in [5.74, 6) is -0.555. The molecule has 2 aromatic heterocycles. The summed E-state index contributed by atoms with van der Waals surface area (Å²) in [5, 5.41) is 11.8. The molecule has 0 saturated carbocycles. The molecular formula is C31H21FN3O+. The van der Waals surface area contributed by atoms with Crippen LogP contribution in [-0.4, -0.2) is 4.98 Å². The smallest absolute Gasteiger partial charge is 0.325 e. The van der Waals surface area contributed by atoms with E-state index in [1.54, 1.807) is 4.57 Å². The Morgan fingerprint density at radius 3 is 2.28 bits per heavy atom.